The van der Waals surface area contributed by atoms with Gasteiger partial charge in [0.2, 0.25) is 17.7 Å². The number of amides is 3. The highest BCUT2D eigenvalue weighted by atomic mass is 16.5. The second kappa shape index (κ2) is 9.23. The minimum Gasteiger partial charge on any atom is -0.496 e. The van der Waals surface area contributed by atoms with Crippen molar-refractivity contribution in [1.29, 1.82) is 0 Å². The smallest absolute Gasteiger partial charge is 0.228 e. The number of benzene rings is 2. The van der Waals surface area contributed by atoms with Gasteiger partial charge >= 0.3 is 0 Å². The van der Waals surface area contributed by atoms with E-state index in [1.54, 1.807) is 31.4 Å². The van der Waals surface area contributed by atoms with Gasteiger partial charge in [0.15, 0.2) is 0 Å². The highest BCUT2D eigenvalue weighted by Gasteiger charge is 2.47. The van der Waals surface area contributed by atoms with Gasteiger partial charge in [0.1, 0.15) is 5.75 Å². The van der Waals surface area contributed by atoms with E-state index in [4.69, 9.17) is 4.74 Å². The van der Waals surface area contributed by atoms with Crippen LogP contribution in [0, 0.1) is 11.8 Å². The van der Waals surface area contributed by atoms with E-state index in [-0.39, 0.29) is 29.6 Å². The van der Waals surface area contributed by atoms with Gasteiger partial charge in [0, 0.05) is 24.8 Å². The van der Waals surface area contributed by atoms with Crippen molar-refractivity contribution in [1.82, 2.24) is 5.32 Å². The molecule has 3 N–H and O–H groups in total. The molecule has 0 heterocycles. The summed E-state index contributed by atoms with van der Waals surface area (Å²) in [5.41, 5.74) is 2.22. The molecule has 7 nitrogen and oxygen atoms in total. The van der Waals surface area contributed by atoms with Crippen LogP contribution in [0.4, 0.5) is 11.4 Å². The quantitative estimate of drug-likeness (QED) is 0.640. The molecule has 1 fully saturated rings. The van der Waals surface area contributed by atoms with E-state index in [9.17, 15) is 14.4 Å². The molecule has 7 heteroatoms. The van der Waals surface area contributed by atoms with Crippen molar-refractivity contribution >= 4 is 29.1 Å². The third kappa shape index (κ3) is 5.57. The highest BCUT2D eigenvalue weighted by Crippen LogP contribution is 2.39. The molecule has 0 aromatic heterocycles. The second-order valence-electron chi connectivity index (χ2n) is 7.05. The average Bonchev–Trinajstić information content (AvgIpc) is 3.49. The van der Waals surface area contributed by atoms with E-state index < -0.39 is 0 Å². The van der Waals surface area contributed by atoms with Gasteiger partial charge in [-0.1, -0.05) is 24.3 Å². The van der Waals surface area contributed by atoms with Crippen LogP contribution < -0.4 is 20.7 Å². The van der Waals surface area contributed by atoms with Crippen molar-refractivity contribution in [2.45, 2.75) is 19.8 Å². The summed E-state index contributed by atoms with van der Waals surface area (Å²) in [5, 5.41) is 8.39. The maximum absolute atomic E-state index is 12.4. The van der Waals surface area contributed by atoms with Gasteiger partial charge in [-0.15, -0.1) is 0 Å². The van der Waals surface area contributed by atoms with Crippen LogP contribution in [0.3, 0.4) is 0 Å². The molecular weight excluding hydrogens is 370 g/mol. The summed E-state index contributed by atoms with van der Waals surface area (Å²) in [5.74, 6) is -0.300. The maximum Gasteiger partial charge on any atom is 0.228 e. The topological polar surface area (TPSA) is 96.5 Å². The Morgan fingerprint density at radius 2 is 1.66 bits per heavy atom. The molecule has 0 aliphatic heterocycles. The van der Waals surface area contributed by atoms with Gasteiger partial charge in [-0.05, 0) is 42.7 Å². The summed E-state index contributed by atoms with van der Waals surface area (Å²) >= 11 is 0. The first-order valence-electron chi connectivity index (χ1n) is 9.56. The van der Waals surface area contributed by atoms with Crippen LogP contribution in [-0.2, 0) is 20.8 Å². The summed E-state index contributed by atoms with van der Waals surface area (Å²) in [4.78, 5) is 35.9. The zero-order valence-corrected chi connectivity index (χ0v) is 16.5. The minimum atomic E-state index is -0.328. The second-order valence-corrected chi connectivity index (χ2v) is 7.05. The predicted molar refractivity (Wildman–Crippen MR) is 111 cm³/mol. The SMILES string of the molecule is COc1ccccc1CCNC(=O)C1CC1C(=O)Nc1cccc(NC(C)=O)c1. The fourth-order valence-electron chi connectivity index (χ4n) is 3.25. The van der Waals surface area contributed by atoms with Crippen LogP contribution in [0.25, 0.3) is 0 Å². The number of hydrogen-bond acceptors (Lipinski definition) is 4. The standard InChI is InChI=1S/C22H25N3O4/c1-14(26)24-16-7-5-8-17(12-16)25-22(28)19-13-18(19)21(27)23-11-10-15-6-3-4-9-20(15)29-2/h3-9,12,18-19H,10-11,13H2,1-2H3,(H,23,27)(H,24,26)(H,25,28). The Morgan fingerprint density at radius 1 is 0.966 bits per heavy atom. The van der Waals surface area contributed by atoms with Crippen LogP contribution >= 0.6 is 0 Å². The molecule has 0 saturated heterocycles. The van der Waals surface area contributed by atoms with E-state index in [2.05, 4.69) is 16.0 Å². The van der Waals surface area contributed by atoms with Gasteiger partial charge in [-0.2, -0.15) is 0 Å². The Balaban J connectivity index is 1.45. The molecule has 2 atom stereocenters. The molecular formula is C22H25N3O4. The number of ether oxygens (including phenoxy) is 1. The van der Waals surface area contributed by atoms with Crippen molar-refractivity contribution in [3.05, 3.63) is 54.1 Å². The van der Waals surface area contributed by atoms with Crippen molar-refractivity contribution in [3.8, 4) is 5.75 Å². The number of anilines is 2. The molecule has 29 heavy (non-hydrogen) atoms. The van der Waals surface area contributed by atoms with Gasteiger partial charge < -0.3 is 20.7 Å². The lowest BCUT2D eigenvalue weighted by Crippen LogP contribution is -2.29. The normalized spacial score (nSPS) is 17.2. The summed E-state index contributed by atoms with van der Waals surface area (Å²) in [6.45, 7) is 1.91. The third-order valence-electron chi connectivity index (χ3n) is 4.80. The van der Waals surface area contributed by atoms with Gasteiger partial charge in [0.05, 0.1) is 18.9 Å². The van der Waals surface area contributed by atoms with Crippen LogP contribution in [0.15, 0.2) is 48.5 Å². The largest absolute Gasteiger partial charge is 0.496 e. The molecule has 0 radical (unpaired) electrons. The van der Waals surface area contributed by atoms with Crippen molar-refractivity contribution in [3.63, 3.8) is 0 Å². The first-order valence-corrected chi connectivity index (χ1v) is 9.56. The number of para-hydroxylation sites is 1. The summed E-state index contributed by atoms with van der Waals surface area (Å²) < 4.78 is 5.31. The van der Waals surface area contributed by atoms with Crippen LogP contribution in [-0.4, -0.2) is 31.4 Å². The summed E-state index contributed by atoms with van der Waals surface area (Å²) in [6.07, 6.45) is 1.20. The number of nitrogens with one attached hydrogen (secondary N) is 3. The number of hydrogen-bond donors (Lipinski definition) is 3. The van der Waals surface area contributed by atoms with Crippen molar-refractivity contribution in [2.75, 3.05) is 24.3 Å². The molecule has 152 valence electrons. The summed E-state index contributed by atoms with van der Waals surface area (Å²) in [6, 6.07) is 14.6. The lowest BCUT2D eigenvalue weighted by molar-refractivity contribution is -0.125. The van der Waals surface area contributed by atoms with E-state index in [1.165, 1.54) is 6.92 Å². The Labute approximate surface area is 169 Å². The zero-order chi connectivity index (χ0) is 20.8. The fourth-order valence-corrected chi connectivity index (χ4v) is 3.25. The molecule has 3 amide bonds. The van der Waals surface area contributed by atoms with E-state index >= 15 is 0 Å². The summed E-state index contributed by atoms with van der Waals surface area (Å²) in [7, 11) is 1.62. The van der Waals surface area contributed by atoms with Crippen LogP contribution in [0.1, 0.15) is 18.9 Å². The van der Waals surface area contributed by atoms with Crippen molar-refractivity contribution < 1.29 is 19.1 Å². The maximum atomic E-state index is 12.4. The van der Waals surface area contributed by atoms with Gasteiger partial charge in [-0.25, -0.2) is 0 Å². The molecule has 3 rings (SSSR count). The third-order valence-corrected chi connectivity index (χ3v) is 4.80. The Morgan fingerprint density at radius 3 is 2.38 bits per heavy atom. The van der Waals surface area contributed by atoms with Gasteiger partial charge in [0.25, 0.3) is 0 Å². The lowest BCUT2D eigenvalue weighted by Gasteiger charge is -2.09. The monoisotopic (exact) mass is 395 g/mol. The minimum absolute atomic E-state index is 0.105. The van der Waals surface area contributed by atoms with Gasteiger partial charge in [-0.3, -0.25) is 14.4 Å². The lowest BCUT2D eigenvalue weighted by atomic mass is 10.1. The zero-order valence-electron chi connectivity index (χ0n) is 16.5. The Bertz CT molecular complexity index is 912. The van der Waals surface area contributed by atoms with E-state index in [0.29, 0.717) is 30.8 Å². The molecule has 0 bridgehead atoms. The molecule has 0 spiro atoms. The van der Waals surface area contributed by atoms with Crippen LogP contribution in [0.2, 0.25) is 0 Å². The fraction of sp³-hybridized carbons (Fsp3) is 0.318. The molecule has 1 aliphatic carbocycles. The van der Waals surface area contributed by atoms with E-state index in [0.717, 1.165) is 11.3 Å². The molecule has 1 aliphatic rings. The highest BCUT2D eigenvalue weighted by molar-refractivity contribution is 6.00. The number of methoxy groups -OCH3 is 1. The van der Waals surface area contributed by atoms with Crippen LogP contribution in [0.5, 0.6) is 5.75 Å². The number of carbonyl (C=O) groups is 3. The first-order chi connectivity index (χ1) is 14.0. The number of rotatable bonds is 8. The number of carbonyl (C=O) groups excluding carboxylic acids is 3. The Kier molecular flexibility index (Phi) is 6.49. The van der Waals surface area contributed by atoms with Crippen molar-refractivity contribution in [2.24, 2.45) is 11.8 Å². The Hall–Kier alpha value is -3.35. The molecule has 1 saturated carbocycles. The molecule has 2 unspecified atom stereocenters. The van der Waals surface area contributed by atoms with E-state index in [1.807, 2.05) is 24.3 Å². The molecule has 2 aromatic rings. The first kappa shape index (κ1) is 20.4. The average molecular weight is 395 g/mol. The predicted octanol–water partition coefficient (Wildman–Crippen LogP) is 2.59. The molecule has 2 aromatic carbocycles.